The first kappa shape index (κ1) is 68.7. The van der Waals surface area contributed by atoms with Crippen LogP contribution in [0.4, 0.5) is 34.6 Å². The first-order chi connectivity index (χ1) is 43.5. The number of aromatic nitrogens is 3. The van der Waals surface area contributed by atoms with E-state index in [9.17, 15) is 35.5 Å². The molecule has 9 rings (SSSR count). The Bertz CT molecular complexity index is 4190. The molecule has 0 spiro atoms. The molecule has 0 saturated heterocycles. The Kier molecular flexibility index (Phi) is 20.8. The number of hydrogen-bond acceptors (Lipinski definition) is 13. The Morgan fingerprint density at radius 3 is 1.48 bits per heavy atom. The number of ketones is 2. The molecule has 0 saturated carbocycles. The van der Waals surface area contributed by atoms with Gasteiger partial charge >= 0.3 is 0 Å². The number of nitrogens with zero attached hydrogens (tertiary/aromatic N) is 7. The number of fused-ring (bicyclic) bond motifs is 4. The van der Waals surface area contributed by atoms with E-state index in [1.807, 2.05) is 24.3 Å². The second kappa shape index (κ2) is 27.9. The number of nitrogens with one attached hydrogen (secondary N) is 2. The number of rotatable bonds is 28. The van der Waals surface area contributed by atoms with Gasteiger partial charge in [-0.25, -0.2) is 0 Å². The summed E-state index contributed by atoms with van der Waals surface area (Å²) in [5.41, 5.74) is 12.5. The third-order valence-electron chi connectivity index (χ3n) is 18.4. The van der Waals surface area contributed by atoms with Gasteiger partial charge in [-0.15, -0.1) is 0 Å². The van der Waals surface area contributed by atoms with E-state index in [4.69, 9.17) is 11.6 Å². The zero-order valence-electron chi connectivity index (χ0n) is 54.8. The Hall–Kier alpha value is -7.68. The van der Waals surface area contributed by atoms with Crippen LogP contribution in [0.15, 0.2) is 161 Å². The molecule has 0 bridgehead atoms. The van der Waals surface area contributed by atoms with Crippen LogP contribution in [-0.2, 0) is 51.5 Å². The lowest BCUT2D eigenvalue weighted by Gasteiger charge is -2.25. The molecule has 486 valence electrons. The van der Waals surface area contributed by atoms with Crippen LogP contribution in [-0.4, -0.2) is 112 Å². The summed E-state index contributed by atoms with van der Waals surface area (Å²) in [6.45, 7) is 26.5. The van der Waals surface area contributed by atoms with Crippen LogP contribution < -0.4 is 20.4 Å². The van der Waals surface area contributed by atoms with Crippen molar-refractivity contribution in [1.82, 2.24) is 15.0 Å². The van der Waals surface area contributed by atoms with Crippen molar-refractivity contribution in [3.05, 3.63) is 184 Å². The second-order valence-corrected chi connectivity index (χ2v) is 29.3. The van der Waals surface area contributed by atoms with Crippen molar-refractivity contribution in [1.29, 1.82) is 0 Å². The van der Waals surface area contributed by atoms with Crippen LogP contribution in [0, 0.1) is 6.92 Å². The van der Waals surface area contributed by atoms with Gasteiger partial charge in [-0.1, -0.05) is 100 Å². The molecular formula is C72H88ClN9O8S2+2. The Morgan fingerprint density at radius 2 is 0.978 bits per heavy atom. The van der Waals surface area contributed by atoms with Crippen LogP contribution in [0.2, 0.25) is 5.28 Å². The van der Waals surface area contributed by atoms with Gasteiger partial charge in [0.05, 0.1) is 33.7 Å². The van der Waals surface area contributed by atoms with Crippen LogP contribution in [0.1, 0.15) is 148 Å². The number of benzene rings is 4. The van der Waals surface area contributed by atoms with E-state index in [1.54, 1.807) is 24.3 Å². The van der Waals surface area contributed by atoms with Gasteiger partial charge in [0.2, 0.25) is 28.6 Å². The van der Waals surface area contributed by atoms with Crippen LogP contribution >= 0.6 is 11.6 Å². The summed E-state index contributed by atoms with van der Waals surface area (Å²) < 4.78 is 72.8. The highest BCUT2D eigenvalue weighted by molar-refractivity contribution is 7.86. The van der Waals surface area contributed by atoms with Gasteiger partial charge in [-0.3, -0.25) is 18.7 Å². The summed E-state index contributed by atoms with van der Waals surface area (Å²) in [5, 5.41) is 5.88. The number of unbranched alkanes of at least 4 members (excludes halogenated alkanes) is 4. The molecule has 4 N–H and O–H groups in total. The first-order valence-corrected chi connectivity index (χ1v) is 35.1. The predicted octanol–water partition coefficient (Wildman–Crippen LogP) is 14.2. The number of carbonyl (C=O) groups is 2. The number of para-hydroxylation sites is 1. The van der Waals surface area contributed by atoms with E-state index in [0.717, 1.165) is 72.7 Å². The number of hydrogen-bond donors (Lipinski definition) is 4. The Morgan fingerprint density at radius 1 is 0.533 bits per heavy atom. The van der Waals surface area contributed by atoms with Crippen LogP contribution in [0.3, 0.4) is 0 Å². The Labute approximate surface area is 548 Å². The molecular weight excluding hydrogens is 1220 g/mol. The summed E-state index contributed by atoms with van der Waals surface area (Å²) >= 11 is 6.29. The van der Waals surface area contributed by atoms with Gasteiger partial charge in [0.1, 0.15) is 13.1 Å². The molecule has 0 atom stereocenters. The van der Waals surface area contributed by atoms with Gasteiger partial charge < -0.3 is 20.4 Å². The normalized spacial score (nSPS) is 18.0. The van der Waals surface area contributed by atoms with Gasteiger partial charge in [0.15, 0.2) is 23.0 Å². The fourth-order valence-electron chi connectivity index (χ4n) is 13.5. The van der Waals surface area contributed by atoms with Crippen LogP contribution in [0.5, 0.6) is 0 Å². The quantitative estimate of drug-likeness (QED) is 0.0158. The third kappa shape index (κ3) is 14.7. The van der Waals surface area contributed by atoms with Crippen LogP contribution in [0.25, 0.3) is 0 Å². The zero-order valence-corrected chi connectivity index (χ0v) is 57.2. The monoisotopic (exact) mass is 1310 g/mol. The maximum atomic E-state index is 13.2. The summed E-state index contributed by atoms with van der Waals surface area (Å²) in [5.74, 6) is 0.196. The zero-order chi connectivity index (χ0) is 66.6. The van der Waals surface area contributed by atoms with E-state index in [2.05, 4.69) is 200 Å². The summed E-state index contributed by atoms with van der Waals surface area (Å²) in [6, 6.07) is 24.6. The standard InChI is InChI=1S/C72H86ClN9O8S2/c1-12-79-59-39-36-49(3)44-55(59)70(6,7)62(79)32-20-15-23-35-65-72(10,11)57-46-53(92(88,89)90)38-41-61(57)82(65)43-27-17-19-29-51(84)48-75-68-77-66(73)76-67(78-68)74-47-50(83)28-18-16-26-42-81-58-31-25-24-30-54(58)69(4,5)64(81)34-22-14-21-33-63-71(8,9)56-45-52(91(85,86)87)37-40-60(56)80(63)13-2/h14-15,20-25,30-41,44-46H,12-13,16-19,26-29,42-43,47-48H2,1-11H3,(H2-2,74,75,76,77,78,85,86,87,88,89,90)/p+2. The minimum atomic E-state index is -4.43. The van der Waals surface area contributed by atoms with E-state index >= 15 is 0 Å². The van der Waals surface area contributed by atoms with Gasteiger partial charge in [-0.2, -0.15) is 40.9 Å². The molecule has 5 aromatic rings. The summed E-state index contributed by atoms with van der Waals surface area (Å²) in [4.78, 5) is 43.3. The molecule has 4 aromatic carbocycles. The molecule has 0 fully saturated rings. The van der Waals surface area contributed by atoms with E-state index in [0.29, 0.717) is 38.8 Å². The number of Topliss-reactive ketones (excluding diaryl/α,β-unsaturated/α-hetero) is 2. The Balaban J connectivity index is 0.738. The lowest BCUT2D eigenvalue weighted by Crippen LogP contribution is -2.28. The molecule has 20 heteroatoms. The predicted molar refractivity (Wildman–Crippen MR) is 369 cm³/mol. The van der Waals surface area contributed by atoms with E-state index in [1.165, 1.54) is 51.6 Å². The molecule has 92 heavy (non-hydrogen) atoms. The fourth-order valence-corrected chi connectivity index (χ4v) is 14.7. The molecule has 4 aliphatic heterocycles. The third-order valence-corrected chi connectivity index (χ3v) is 20.3. The highest BCUT2D eigenvalue weighted by Crippen LogP contribution is 2.50. The van der Waals surface area contributed by atoms with E-state index < -0.39 is 31.1 Å². The van der Waals surface area contributed by atoms with Crippen molar-refractivity contribution in [3.63, 3.8) is 0 Å². The van der Waals surface area contributed by atoms with Crippen molar-refractivity contribution in [2.75, 3.05) is 59.7 Å². The largest absolute Gasteiger partial charge is 0.347 e. The smallest absolute Gasteiger partial charge is 0.294 e. The number of halogens is 1. The van der Waals surface area contributed by atoms with Crippen molar-refractivity contribution < 1.29 is 44.7 Å². The lowest BCUT2D eigenvalue weighted by atomic mass is 9.81. The lowest BCUT2D eigenvalue weighted by molar-refractivity contribution is -0.438. The molecule has 0 radical (unpaired) electrons. The molecule has 5 heterocycles. The number of aryl methyl sites for hydroxylation is 1. The number of anilines is 4. The molecule has 1 aromatic heterocycles. The topological polar surface area (TPSA) is 218 Å². The van der Waals surface area contributed by atoms with Crippen molar-refractivity contribution >= 4 is 89.5 Å². The average molecular weight is 1310 g/mol. The van der Waals surface area contributed by atoms with E-state index in [-0.39, 0.29) is 62.5 Å². The minimum Gasteiger partial charge on any atom is -0.347 e. The number of allylic oxidation sites excluding steroid dienone is 12. The van der Waals surface area contributed by atoms with Gasteiger partial charge in [0, 0.05) is 108 Å². The van der Waals surface area contributed by atoms with Crippen molar-refractivity contribution in [2.24, 2.45) is 0 Å². The first-order valence-electron chi connectivity index (χ1n) is 31.8. The highest BCUT2D eigenvalue weighted by Gasteiger charge is 2.46. The highest BCUT2D eigenvalue weighted by atomic mass is 35.5. The van der Waals surface area contributed by atoms with Crippen molar-refractivity contribution in [2.45, 2.75) is 159 Å². The maximum Gasteiger partial charge on any atom is 0.294 e. The van der Waals surface area contributed by atoms with Crippen molar-refractivity contribution in [3.8, 4) is 0 Å². The molecule has 17 nitrogen and oxygen atoms in total. The summed E-state index contributed by atoms with van der Waals surface area (Å²) in [6.07, 6.45) is 25.9. The maximum absolute atomic E-state index is 13.2. The minimum absolute atomic E-state index is 0.00123. The fraction of sp³-hybridized carbons (Fsp3) is 0.403. The molecule has 4 aliphatic rings. The van der Waals surface area contributed by atoms with Gasteiger partial charge in [-0.05, 0) is 145 Å². The molecule has 0 aliphatic carbocycles. The van der Waals surface area contributed by atoms with Gasteiger partial charge in [0.25, 0.3) is 20.2 Å². The number of likely N-dealkylation sites (N-methyl/N-ethyl adjacent to an activating group) is 2. The summed E-state index contributed by atoms with van der Waals surface area (Å²) in [7, 11) is -8.77. The second-order valence-electron chi connectivity index (χ2n) is 26.2. The molecule has 0 amide bonds. The average Bonchev–Trinajstić information content (AvgIpc) is 1.63. The SMILES string of the molecule is CCN1C(=CC=CC=CC2=[N+](CCCCCC(=O)CNc3nc(Cl)nc(NCC(=O)CCCCC[N+]4=C(C=CC=CC=C5N(CC)c6ccc(S(=O)(=O)O)cc6C5(C)C)C(C)(C)c5ccccc54)n3)c3ccc(S(=O)(=O)O)cc3C2(C)C)C(C)(C)c2cc(C)ccc21. The molecule has 0 unspecified atom stereocenters. The number of carbonyl (C=O) groups excluding carboxylic acids is 2.